The molecule has 2 heterocycles. The van der Waals surface area contributed by atoms with Gasteiger partial charge >= 0.3 is 11.9 Å². The molecule has 4 aliphatic carbocycles. The van der Waals surface area contributed by atoms with E-state index < -0.39 is 11.9 Å². The summed E-state index contributed by atoms with van der Waals surface area (Å²) in [5, 5.41) is 16.9. The Morgan fingerprint density at radius 2 is 0.422 bits per heavy atom. The fraction of sp³-hybridized carbons (Fsp3) is 0.857. The van der Waals surface area contributed by atoms with Crippen molar-refractivity contribution in [2.24, 2.45) is 118 Å². The summed E-state index contributed by atoms with van der Waals surface area (Å²) in [5.74, 6) is 16.6. The molecule has 64 heavy (non-hydrogen) atoms. The third-order valence-electron chi connectivity index (χ3n) is 19.6. The third kappa shape index (κ3) is 20.2. The van der Waals surface area contributed by atoms with Gasteiger partial charge in [0.2, 0.25) is 0 Å². The molecule has 0 atom stereocenters. The normalized spacial score (nSPS) is 40.2. The van der Waals surface area contributed by atoms with E-state index in [1.807, 2.05) is 0 Å². The zero-order valence-electron chi connectivity index (χ0n) is 44.9. The van der Waals surface area contributed by atoms with Gasteiger partial charge in [0.05, 0.1) is 11.1 Å². The van der Waals surface area contributed by atoms with Gasteiger partial charge in [-0.05, 0) is 168 Å². The molecule has 0 unspecified atom stereocenters. The topological polar surface area (TPSA) is 93.1 Å². The van der Waals surface area contributed by atoms with Crippen molar-refractivity contribution in [3.8, 4) is 0 Å². The maximum Gasteiger partial charge on any atom is 0.335 e. The van der Waals surface area contributed by atoms with Crippen LogP contribution in [0.3, 0.4) is 0 Å². The summed E-state index contributed by atoms with van der Waals surface area (Å²) < 4.78 is 9.89. The Bertz CT molecular complexity index is 1020. The molecule has 8 heteroatoms. The minimum absolute atomic E-state index is 0. The molecule has 374 valence electrons. The molecule has 6 nitrogen and oxygen atoms in total. The van der Waals surface area contributed by atoms with Crippen LogP contribution in [0.25, 0.3) is 0 Å². The number of rotatable bonds is 2. The Morgan fingerprint density at radius 1 is 0.312 bits per heavy atom. The molecular weight excluding hydrogens is 1070 g/mol. The van der Waals surface area contributed by atoms with Crippen molar-refractivity contribution >= 4 is 11.9 Å². The fourth-order valence-corrected chi connectivity index (χ4v) is 11.4. The number of benzene rings is 1. The maximum absolute atomic E-state index is 10.3. The standard InChI is InChI=1S/4C10H20.C8H6O4.2C4H8O.2Sm/c4*1-6-7(2)9(4)10(5)8(6)3;9-7(10)5-1-2-6(4-3-5)8(11)12;2*1-2-4-5-3-1;;/h4*6-10H,1-5H3;1-4H,(H,9,10)(H,11,12);2*1-4H2;;. The number of ether oxygens (including phenoxy) is 2. The van der Waals surface area contributed by atoms with Crippen LogP contribution in [0.15, 0.2) is 24.3 Å². The number of hydrogen-bond acceptors (Lipinski definition) is 4. The predicted molar refractivity (Wildman–Crippen MR) is 264 cm³/mol. The van der Waals surface area contributed by atoms with Crippen LogP contribution in [0.1, 0.15) is 185 Å². The van der Waals surface area contributed by atoms with Gasteiger partial charge in [0.1, 0.15) is 0 Å². The van der Waals surface area contributed by atoms with E-state index in [1.165, 1.54) is 49.9 Å². The van der Waals surface area contributed by atoms with E-state index >= 15 is 0 Å². The van der Waals surface area contributed by atoms with E-state index in [2.05, 4.69) is 138 Å². The average Bonchev–Trinajstić information content (AvgIpc) is 4.15. The predicted octanol–water partition coefficient (Wildman–Crippen LogP) is 15.4. The van der Waals surface area contributed by atoms with E-state index in [9.17, 15) is 9.59 Å². The second kappa shape index (κ2) is 33.4. The molecule has 6 fully saturated rings. The van der Waals surface area contributed by atoms with Gasteiger partial charge in [-0.1, -0.05) is 138 Å². The number of carboxylic acid groups (broad SMARTS) is 2. The van der Waals surface area contributed by atoms with E-state index in [1.54, 1.807) is 0 Å². The number of carbonyl (C=O) groups is 2. The first-order valence-electron chi connectivity index (χ1n) is 25.5. The molecule has 2 aliphatic heterocycles. The van der Waals surface area contributed by atoms with Gasteiger partial charge in [0, 0.05) is 107 Å². The van der Waals surface area contributed by atoms with Gasteiger partial charge < -0.3 is 19.7 Å². The average molecular weight is 1170 g/mol. The molecule has 1 aromatic rings. The van der Waals surface area contributed by atoms with Crippen molar-refractivity contribution in [2.45, 2.75) is 164 Å². The zero-order valence-corrected chi connectivity index (χ0v) is 50.1. The zero-order chi connectivity index (χ0) is 47.8. The molecule has 1 aromatic carbocycles. The summed E-state index contributed by atoms with van der Waals surface area (Å²) in [6.07, 6.45) is 5.11. The van der Waals surface area contributed by atoms with Crippen LogP contribution in [0.4, 0.5) is 0 Å². The van der Waals surface area contributed by atoms with E-state index in [-0.39, 0.29) is 91.9 Å². The Kier molecular flexibility index (Phi) is 34.8. The van der Waals surface area contributed by atoms with Crippen LogP contribution >= 0.6 is 0 Å². The monoisotopic (exact) mass is 1170 g/mol. The Balaban J connectivity index is 0. The van der Waals surface area contributed by atoms with Crippen molar-refractivity contribution in [2.75, 3.05) is 26.4 Å². The molecule has 0 aromatic heterocycles. The first-order valence-corrected chi connectivity index (χ1v) is 25.5. The van der Waals surface area contributed by atoms with Crippen molar-refractivity contribution in [1.29, 1.82) is 0 Å². The number of carboxylic acids is 2. The van der Waals surface area contributed by atoms with Crippen LogP contribution in [-0.2, 0) is 9.47 Å². The van der Waals surface area contributed by atoms with Crippen LogP contribution < -0.4 is 0 Å². The van der Waals surface area contributed by atoms with Crippen LogP contribution in [0.5, 0.6) is 0 Å². The number of aromatic carboxylic acids is 2. The van der Waals surface area contributed by atoms with Gasteiger partial charge in [-0.3, -0.25) is 0 Å². The molecular formula is C56H102O6Sm2. The van der Waals surface area contributed by atoms with Crippen molar-refractivity contribution in [1.82, 2.24) is 0 Å². The second-order valence-electron chi connectivity index (χ2n) is 22.0. The summed E-state index contributed by atoms with van der Waals surface area (Å²) in [5.41, 5.74) is 0.167. The molecule has 2 saturated heterocycles. The summed E-state index contributed by atoms with van der Waals surface area (Å²) >= 11 is 0. The Hall–Kier alpha value is 0.755. The van der Waals surface area contributed by atoms with E-state index in [0.717, 1.165) is 145 Å². The summed E-state index contributed by atoms with van der Waals surface area (Å²) in [6, 6.07) is 5.02. The van der Waals surface area contributed by atoms with Crippen molar-refractivity contribution in [3.63, 3.8) is 0 Å². The van der Waals surface area contributed by atoms with Gasteiger partial charge in [-0.25, -0.2) is 9.59 Å². The summed E-state index contributed by atoms with van der Waals surface area (Å²) in [4.78, 5) is 20.7. The minimum atomic E-state index is -1.06. The summed E-state index contributed by atoms with van der Waals surface area (Å²) in [7, 11) is 0. The maximum atomic E-state index is 10.3. The molecule has 6 aliphatic rings. The molecule has 7 rings (SSSR count). The van der Waals surface area contributed by atoms with E-state index in [0.29, 0.717) is 0 Å². The molecule has 0 bridgehead atoms. The third-order valence-corrected chi connectivity index (χ3v) is 19.6. The Morgan fingerprint density at radius 3 is 0.484 bits per heavy atom. The SMILES string of the molecule is C1CCOC1.C1CCOC1.CC1C(C)C(C)C(C)C1C.CC1C(C)C(C)C(C)C1C.CC1C(C)C(C)C(C)C1C.CC1C(C)C(C)C(C)C1C.O=C(O)c1ccc(C(=O)O)cc1.[Sm].[Sm]. The first kappa shape index (κ1) is 66.8. The fourth-order valence-electron chi connectivity index (χ4n) is 11.4. The summed E-state index contributed by atoms with van der Waals surface area (Å²) in [6.45, 7) is 52.0. The largest absolute Gasteiger partial charge is 0.478 e. The van der Waals surface area contributed by atoms with Gasteiger partial charge in [0.25, 0.3) is 0 Å². The van der Waals surface area contributed by atoms with Gasteiger partial charge in [0.15, 0.2) is 0 Å². The number of hydrogen-bond donors (Lipinski definition) is 2. The molecule has 2 N–H and O–H groups in total. The smallest absolute Gasteiger partial charge is 0.335 e. The minimum Gasteiger partial charge on any atom is -0.478 e. The van der Waals surface area contributed by atoms with Crippen molar-refractivity contribution < 1.29 is 110 Å². The van der Waals surface area contributed by atoms with Crippen LogP contribution in [0.2, 0.25) is 0 Å². The molecule has 0 amide bonds. The molecule has 0 radical (unpaired) electrons. The van der Waals surface area contributed by atoms with Crippen LogP contribution in [-0.4, -0.2) is 48.6 Å². The first-order chi connectivity index (χ1) is 28.8. The van der Waals surface area contributed by atoms with Crippen LogP contribution in [0, 0.1) is 199 Å². The van der Waals surface area contributed by atoms with Gasteiger partial charge in [-0.15, -0.1) is 0 Å². The Labute approximate surface area is 461 Å². The van der Waals surface area contributed by atoms with Gasteiger partial charge in [-0.2, -0.15) is 0 Å². The quantitative estimate of drug-likeness (QED) is 0.307. The molecule has 0 spiro atoms. The van der Waals surface area contributed by atoms with Crippen molar-refractivity contribution in [3.05, 3.63) is 35.4 Å². The second-order valence-corrected chi connectivity index (χ2v) is 22.0. The molecule has 4 saturated carbocycles. The van der Waals surface area contributed by atoms with E-state index in [4.69, 9.17) is 19.7 Å².